The van der Waals surface area contributed by atoms with Crippen LogP contribution in [0.5, 0.6) is 0 Å². The Morgan fingerprint density at radius 2 is 1.97 bits per heavy atom. The van der Waals surface area contributed by atoms with E-state index in [1.165, 1.54) is 23.3 Å². The van der Waals surface area contributed by atoms with E-state index in [9.17, 15) is 19.1 Å². The van der Waals surface area contributed by atoms with Crippen molar-refractivity contribution in [2.75, 3.05) is 37.7 Å². The van der Waals surface area contributed by atoms with Crippen LogP contribution in [0, 0.1) is 5.82 Å². The van der Waals surface area contributed by atoms with Gasteiger partial charge in [0.1, 0.15) is 18.6 Å². The first-order valence-corrected chi connectivity index (χ1v) is 9.93. The zero-order valence-corrected chi connectivity index (χ0v) is 17.0. The van der Waals surface area contributed by atoms with E-state index in [4.69, 9.17) is 4.74 Å². The van der Waals surface area contributed by atoms with Crippen molar-refractivity contribution in [3.05, 3.63) is 53.0 Å². The molecule has 160 valence electrons. The number of aliphatic hydroxyl groups excluding tert-OH is 1. The zero-order chi connectivity index (χ0) is 21.4. The van der Waals surface area contributed by atoms with Gasteiger partial charge in [-0.25, -0.2) is 14.1 Å². The summed E-state index contributed by atoms with van der Waals surface area (Å²) in [5.41, 5.74) is 2.49. The number of halogens is 1. The highest BCUT2D eigenvalue weighted by molar-refractivity contribution is 5.96. The number of nitrogens with zero attached hydrogens (tertiary/aromatic N) is 3. The predicted octanol–water partition coefficient (Wildman–Crippen LogP) is 1.64. The Balaban J connectivity index is 1.41. The highest BCUT2D eigenvalue weighted by atomic mass is 19.1. The lowest BCUT2D eigenvalue weighted by atomic mass is 10.1. The van der Waals surface area contributed by atoms with Crippen LogP contribution in [-0.2, 0) is 4.74 Å². The maximum absolute atomic E-state index is 14.7. The van der Waals surface area contributed by atoms with Gasteiger partial charge in [-0.3, -0.25) is 9.69 Å². The Hall–Kier alpha value is -2.91. The van der Waals surface area contributed by atoms with Crippen LogP contribution >= 0.6 is 0 Å². The minimum absolute atomic E-state index is 0.0559. The molecule has 2 amide bonds. The van der Waals surface area contributed by atoms with Crippen LogP contribution in [0.4, 0.5) is 14.9 Å². The maximum Gasteiger partial charge on any atom is 0.416 e. The smallest absolute Gasteiger partial charge is 0.416 e. The first-order chi connectivity index (χ1) is 14.3. The highest BCUT2D eigenvalue weighted by Gasteiger charge is 2.34. The molecule has 0 radical (unpaired) electrons. The van der Waals surface area contributed by atoms with Gasteiger partial charge in [0.25, 0.3) is 5.91 Å². The Morgan fingerprint density at radius 3 is 2.57 bits per heavy atom. The lowest BCUT2D eigenvalue weighted by molar-refractivity contribution is 0.0574. The van der Waals surface area contributed by atoms with Gasteiger partial charge in [-0.1, -0.05) is 6.08 Å². The third-order valence-electron chi connectivity index (χ3n) is 5.63. The summed E-state index contributed by atoms with van der Waals surface area (Å²) in [4.78, 5) is 29.4. The minimum atomic E-state index is -1.17. The number of anilines is 1. The van der Waals surface area contributed by atoms with E-state index in [2.05, 4.69) is 23.2 Å². The van der Waals surface area contributed by atoms with Crippen molar-refractivity contribution in [2.24, 2.45) is 0 Å². The molecule has 0 aromatic heterocycles. The summed E-state index contributed by atoms with van der Waals surface area (Å²) in [6.07, 6.45) is 2.31. The second kappa shape index (κ2) is 8.08. The Labute approximate surface area is 174 Å². The molecular weight excluding hydrogens is 391 g/mol. The summed E-state index contributed by atoms with van der Waals surface area (Å²) < 4.78 is 19.4. The number of rotatable bonds is 3. The molecule has 4 rings (SSSR count). The third-order valence-corrected chi connectivity index (χ3v) is 5.63. The summed E-state index contributed by atoms with van der Waals surface area (Å²) in [6.45, 7) is 6.27. The number of carbonyl (C=O) groups excluding carboxylic acids is 2. The highest BCUT2D eigenvalue weighted by Crippen LogP contribution is 2.25. The summed E-state index contributed by atoms with van der Waals surface area (Å²) in [6, 6.07) is 3.87. The SMILES string of the molecule is CC1=CNC(N2CCN(C(=O)c3ccc(N4C(=O)OC[C@H]4O)cc3F)CC2)C(C)=C1. The number of benzene rings is 1. The molecule has 0 bridgehead atoms. The van der Waals surface area contributed by atoms with E-state index in [-0.39, 0.29) is 29.9 Å². The van der Waals surface area contributed by atoms with Crippen LogP contribution < -0.4 is 10.2 Å². The standard InChI is InChI=1S/C21H25FN4O4/c1-13-9-14(2)19(23-11-13)24-5-7-25(8-6-24)20(28)16-4-3-15(10-17(16)22)26-18(27)12-30-21(26)29/h3-4,9-11,18-19,23,27H,5-8,12H2,1-2H3/t18-,19?/m1/s1. The molecule has 30 heavy (non-hydrogen) atoms. The average molecular weight is 416 g/mol. The summed E-state index contributed by atoms with van der Waals surface area (Å²) >= 11 is 0. The fourth-order valence-corrected chi connectivity index (χ4v) is 4.08. The molecular formula is C21H25FN4O4. The van der Waals surface area contributed by atoms with E-state index >= 15 is 0 Å². The monoisotopic (exact) mass is 416 g/mol. The fraction of sp³-hybridized carbons (Fsp3) is 0.429. The summed E-state index contributed by atoms with van der Waals surface area (Å²) in [5, 5.41) is 13.2. The van der Waals surface area contributed by atoms with Gasteiger partial charge in [0, 0.05) is 32.4 Å². The molecule has 2 saturated heterocycles. The molecule has 8 nitrogen and oxygen atoms in total. The fourth-order valence-electron chi connectivity index (χ4n) is 4.08. The van der Waals surface area contributed by atoms with Crippen LogP contribution in [-0.4, -0.2) is 72.1 Å². The average Bonchev–Trinajstić information content (AvgIpc) is 3.06. The molecule has 0 aliphatic carbocycles. The minimum Gasteiger partial charge on any atom is -0.444 e. The van der Waals surface area contributed by atoms with Gasteiger partial charge in [0.15, 0.2) is 6.23 Å². The number of allylic oxidation sites excluding steroid dienone is 2. The second-order valence-corrected chi connectivity index (χ2v) is 7.77. The van der Waals surface area contributed by atoms with Crippen molar-refractivity contribution in [1.82, 2.24) is 15.1 Å². The quantitative estimate of drug-likeness (QED) is 0.779. The molecule has 3 aliphatic heterocycles. The second-order valence-electron chi connectivity index (χ2n) is 7.77. The van der Waals surface area contributed by atoms with E-state index in [0.29, 0.717) is 26.2 Å². The number of piperazine rings is 1. The molecule has 0 spiro atoms. The van der Waals surface area contributed by atoms with Crippen LogP contribution in [0.25, 0.3) is 0 Å². The number of amides is 2. The lowest BCUT2D eigenvalue weighted by Gasteiger charge is -2.40. The number of carbonyl (C=O) groups is 2. The lowest BCUT2D eigenvalue weighted by Crippen LogP contribution is -2.55. The number of hydrogen-bond donors (Lipinski definition) is 2. The largest absolute Gasteiger partial charge is 0.444 e. The Morgan fingerprint density at radius 1 is 1.23 bits per heavy atom. The van der Waals surface area contributed by atoms with Crippen molar-refractivity contribution < 1.29 is 23.8 Å². The van der Waals surface area contributed by atoms with E-state index in [1.54, 1.807) is 4.90 Å². The third kappa shape index (κ3) is 3.78. The topological polar surface area (TPSA) is 85.4 Å². The normalized spacial score (nSPS) is 24.9. The van der Waals surface area contributed by atoms with Crippen molar-refractivity contribution >= 4 is 17.7 Å². The number of ether oxygens (including phenoxy) is 1. The predicted molar refractivity (Wildman–Crippen MR) is 108 cm³/mol. The Bertz CT molecular complexity index is 924. The van der Waals surface area contributed by atoms with Gasteiger partial charge in [-0.05, 0) is 43.2 Å². The van der Waals surface area contributed by atoms with Crippen LogP contribution in [0.1, 0.15) is 24.2 Å². The van der Waals surface area contributed by atoms with Crippen molar-refractivity contribution in [3.8, 4) is 0 Å². The van der Waals surface area contributed by atoms with Gasteiger partial charge >= 0.3 is 6.09 Å². The summed E-state index contributed by atoms with van der Waals surface area (Å²) in [5.74, 6) is -1.12. The maximum atomic E-state index is 14.7. The van der Waals surface area contributed by atoms with Crippen LogP contribution in [0.2, 0.25) is 0 Å². The van der Waals surface area contributed by atoms with E-state index in [1.807, 2.05) is 13.1 Å². The molecule has 9 heteroatoms. The first-order valence-electron chi connectivity index (χ1n) is 9.93. The molecule has 3 aliphatic rings. The molecule has 2 fully saturated rings. The van der Waals surface area contributed by atoms with Gasteiger partial charge in [0.2, 0.25) is 0 Å². The number of aliphatic hydroxyl groups is 1. The molecule has 0 saturated carbocycles. The number of dihydropyridines is 1. The number of nitrogens with one attached hydrogen (secondary N) is 1. The molecule has 1 aromatic carbocycles. The van der Waals surface area contributed by atoms with Crippen molar-refractivity contribution in [2.45, 2.75) is 26.2 Å². The van der Waals surface area contributed by atoms with E-state index < -0.39 is 18.1 Å². The van der Waals surface area contributed by atoms with Crippen LogP contribution in [0.15, 0.2) is 41.6 Å². The molecule has 1 aromatic rings. The zero-order valence-electron chi connectivity index (χ0n) is 17.0. The van der Waals surface area contributed by atoms with Gasteiger partial charge in [-0.2, -0.15) is 0 Å². The van der Waals surface area contributed by atoms with Crippen molar-refractivity contribution in [3.63, 3.8) is 0 Å². The van der Waals surface area contributed by atoms with Crippen LogP contribution in [0.3, 0.4) is 0 Å². The van der Waals surface area contributed by atoms with Gasteiger partial charge in [-0.15, -0.1) is 0 Å². The first kappa shape index (κ1) is 20.4. The van der Waals surface area contributed by atoms with E-state index in [0.717, 1.165) is 11.0 Å². The van der Waals surface area contributed by atoms with Crippen molar-refractivity contribution in [1.29, 1.82) is 0 Å². The molecule has 2 N–H and O–H groups in total. The number of hydrogen-bond acceptors (Lipinski definition) is 6. The molecule has 1 unspecified atom stereocenters. The Kier molecular flexibility index (Phi) is 5.48. The van der Waals surface area contributed by atoms with Gasteiger partial charge in [0.05, 0.1) is 11.3 Å². The number of cyclic esters (lactones) is 1. The summed E-state index contributed by atoms with van der Waals surface area (Å²) in [7, 11) is 0. The molecule has 2 atom stereocenters. The molecule has 3 heterocycles. The van der Waals surface area contributed by atoms with Gasteiger partial charge < -0.3 is 20.1 Å².